The van der Waals surface area contributed by atoms with Crippen LogP contribution in [-0.2, 0) is 12.4 Å². The van der Waals surface area contributed by atoms with Crippen molar-refractivity contribution in [3.63, 3.8) is 0 Å². The van der Waals surface area contributed by atoms with Gasteiger partial charge < -0.3 is 18.3 Å². The van der Waals surface area contributed by atoms with Crippen molar-refractivity contribution < 1.29 is 26.3 Å². The van der Waals surface area contributed by atoms with E-state index in [1.165, 1.54) is 0 Å². The average molecular weight is 1130 g/mol. The first-order valence-corrected chi connectivity index (χ1v) is 28.1. The van der Waals surface area contributed by atoms with Crippen LogP contribution in [-0.4, -0.2) is 28.2 Å². The molecule has 6 nitrogen and oxygen atoms in total. The predicted molar refractivity (Wildman–Crippen MR) is 335 cm³/mol. The summed E-state index contributed by atoms with van der Waals surface area (Å²) in [5.41, 5.74) is 8.55. The van der Waals surface area contributed by atoms with Gasteiger partial charge in [-0.3, -0.25) is 0 Å². The third-order valence-corrected chi connectivity index (χ3v) is 17.2. The van der Waals surface area contributed by atoms with E-state index in [0.717, 1.165) is 104 Å². The summed E-state index contributed by atoms with van der Waals surface area (Å²) in [6, 6.07) is 81.6. The van der Waals surface area contributed by atoms with Crippen molar-refractivity contribution in [1.29, 1.82) is 0 Å². The van der Waals surface area contributed by atoms with Gasteiger partial charge in [0.05, 0.1) is 66.5 Å². The molecule has 0 atom stereocenters. The van der Waals surface area contributed by atoms with Crippen LogP contribution in [0, 0.1) is 0 Å². The number of halogens is 6. The Kier molecular flexibility index (Phi) is 10.5. The SMILES string of the molecule is FC(F)(F)c1ccc(C(F)(F)F)c(-c2nc(-c3cc(-n4c5ccccc5c5ccc(-n6c7ccccc7c7ccccc76)cc54)cc(-n4c5ccccc5c5ccc(-n6c7ccccc7c7ccccc76)cc54)c3)c3c(ccc4ccccc43)n2)c1. The lowest BCUT2D eigenvalue weighted by Gasteiger charge is -2.19. The number of alkyl halides is 6. The Bertz CT molecular complexity index is 5360. The molecule has 5 heterocycles. The van der Waals surface area contributed by atoms with E-state index in [0.29, 0.717) is 45.9 Å². The minimum atomic E-state index is -5.06. The zero-order valence-electron chi connectivity index (χ0n) is 45.2. The van der Waals surface area contributed by atoms with Crippen molar-refractivity contribution >= 4 is 109 Å². The summed E-state index contributed by atoms with van der Waals surface area (Å²) in [7, 11) is 0. The van der Waals surface area contributed by atoms with Gasteiger partial charge in [-0.15, -0.1) is 0 Å². The summed E-state index contributed by atoms with van der Waals surface area (Å²) >= 11 is 0. The molecule has 0 N–H and O–H groups in total. The van der Waals surface area contributed by atoms with E-state index in [4.69, 9.17) is 9.97 Å². The molecule has 0 saturated heterocycles. The molecule has 0 aliphatic rings. The molecule has 12 heteroatoms. The first-order valence-electron chi connectivity index (χ1n) is 28.1. The zero-order valence-corrected chi connectivity index (χ0v) is 45.2. The summed E-state index contributed by atoms with van der Waals surface area (Å²) in [5.74, 6) is -0.506. The van der Waals surface area contributed by atoms with E-state index in [-0.39, 0.29) is 11.2 Å². The molecule has 0 saturated carbocycles. The molecule has 17 rings (SSSR count). The van der Waals surface area contributed by atoms with Crippen molar-refractivity contribution in [1.82, 2.24) is 28.2 Å². The number of nitrogens with zero attached hydrogens (tertiary/aromatic N) is 6. The maximum Gasteiger partial charge on any atom is 0.417 e. The number of para-hydroxylation sites is 6. The van der Waals surface area contributed by atoms with Crippen LogP contribution >= 0.6 is 0 Å². The molecule has 0 radical (unpaired) electrons. The van der Waals surface area contributed by atoms with Gasteiger partial charge >= 0.3 is 12.4 Å². The van der Waals surface area contributed by atoms with E-state index in [1.54, 1.807) is 6.07 Å². The second-order valence-corrected chi connectivity index (χ2v) is 21.9. The smallest absolute Gasteiger partial charge is 0.309 e. The highest BCUT2D eigenvalue weighted by Gasteiger charge is 2.38. The molecule has 12 aromatic carbocycles. The van der Waals surface area contributed by atoms with Gasteiger partial charge in [-0.2, -0.15) is 26.3 Å². The Labute approximate surface area is 484 Å². The van der Waals surface area contributed by atoms with Crippen LogP contribution in [0.2, 0.25) is 0 Å². The van der Waals surface area contributed by atoms with Crippen molar-refractivity contribution in [2.75, 3.05) is 0 Å². The molecule has 0 aliphatic heterocycles. The molecule has 17 aromatic rings. The van der Waals surface area contributed by atoms with Gasteiger partial charge in [-0.1, -0.05) is 152 Å². The molecule has 0 amide bonds. The molecule has 0 bridgehead atoms. The fourth-order valence-electron chi connectivity index (χ4n) is 13.5. The van der Waals surface area contributed by atoms with E-state index in [1.807, 2.05) is 91.0 Å². The second-order valence-electron chi connectivity index (χ2n) is 21.9. The molecule has 5 aromatic heterocycles. The molecule has 0 fully saturated rings. The third-order valence-electron chi connectivity index (χ3n) is 17.2. The third kappa shape index (κ3) is 7.41. The lowest BCUT2D eigenvalue weighted by molar-refractivity contribution is -0.141. The largest absolute Gasteiger partial charge is 0.417 e. The number of benzene rings is 12. The number of rotatable bonds is 6. The highest BCUT2D eigenvalue weighted by Crippen LogP contribution is 2.46. The van der Waals surface area contributed by atoms with Crippen molar-refractivity contribution in [2.24, 2.45) is 0 Å². The quantitative estimate of drug-likeness (QED) is 0.123. The lowest BCUT2D eigenvalue weighted by atomic mass is 9.97. The Balaban J connectivity index is 1.01. The lowest BCUT2D eigenvalue weighted by Crippen LogP contribution is -2.12. The fourth-order valence-corrected chi connectivity index (χ4v) is 13.5. The standard InChI is InChI=1S/C74H42F6N6/c75-73(76,77)45-30-35-60(74(78,79)80)59(39-45)72-81-61-36-29-43-15-1-2-16-50(43)70(61)71(82-72)44-37-48(85-66-27-13-7-21-55(66)57-33-31-46(41-68(57)85)83-62-23-9-3-17-51(62)52-18-4-10-24-63(52)83)40-49(38-44)86-67-28-14-8-22-56(67)58-34-32-47(42-69(58)86)84-64-25-11-5-19-53(64)54-20-6-12-26-65(54)84/h1-42H. The Morgan fingerprint density at radius 3 is 1.12 bits per heavy atom. The van der Waals surface area contributed by atoms with Crippen LogP contribution in [0.25, 0.3) is 154 Å². The van der Waals surface area contributed by atoms with Gasteiger partial charge in [-0.25, -0.2) is 9.97 Å². The molecule has 0 spiro atoms. The summed E-state index contributed by atoms with van der Waals surface area (Å²) in [6.07, 6.45) is -10.0. The number of aromatic nitrogens is 6. The number of fused-ring (bicyclic) bond motifs is 15. The van der Waals surface area contributed by atoms with Crippen molar-refractivity contribution in [2.45, 2.75) is 12.4 Å². The van der Waals surface area contributed by atoms with E-state index in [9.17, 15) is 13.2 Å². The Hall–Kier alpha value is -11.0. The van der Waals surface area contributed by atoms with Crippen molar-refractivity contribution in [3.05, 3.63) is 266 Å². The van der Waals surface area contributed by atoms with Gasteiger partial charge in [0.15, 0.2) is 5.82 Å². The average Bonchev–Trinajstić information content (AvgIpc) is 1.56. The number of hydrogen-bond acceptors (Lipinski definition) is 2. The molecular weight excluding hydrogens is 1090 g/mol. The molecule has 86 heavy (non-hydrogen) atoms. The van der Waals surface area contributed by atoms with E-state index >= 15 is 13.2 Å². The summed E-state index contributed by atoms with van der Waals surface area (Å²) < 4.78 is 98.7. The summed E-state index contributed by atoms with van der Waals surface area (Å²) in [4.78, 5) is 9.84. The van der Waals surface area contributed by atoms with Gasteiger partial charge in [0, 0.05) is 82.4 Å². The van der Waals surface area contributed by atoms with E-state index in [2.05, 4.69) is 158 Å². The molecule has 0 aliphatic carbocycles. The minimum Gasteiger partial charge on any atom is -0.309 e. The molecule has 410 valence electrons. The Morgan fingerprint density at radius 1 is 0.291 bits per heavy atom. The highest BCUT2D eigenvalue weighted by atomic mass is 19.4. The minimum absolute atomic E-state index is 0.230. The molecule has 0 unspecified atom stereocenters. The normalized spacial score (nSPS) is 12.5. The monoisotopic (exact) mass is 1130 g/mol. The maximum absolute atomic E-state index is 15.2. The van der Waals surface area contributed by atoms with Crippen LogP contribution in [0.1, 0.15) is 11.1 Å². The van der Waals surface area contributed by atoms with E-state index < -0.39 is 34.9 Å². The highest BCUT2D eigenvalue weighted by molar-refractivity contribution is 6.16. The first kappa shape index (κ1) is 49.6. The topological polar surface area (TPSA) is 45.5 Å². The number of hydrogen-bond donors (Lipinski definition) is 0. The second kappa shape index (κ2) is 18.3. The van der Waals surface area contributed by atoms with Crippen LogP contribution in [0.5, 0.6) is 0 Å². The van der Waals surface area contributed by atoms with Gasteiger partial charge in [-0.05, 0) is 114 Å². The van der Waals surface area contributed by atoms with Gasteiger partial charge in [0.2, 0.25) is 0 Å². The van der Waals surface area contributed by atoms with Crippen molar-refractivity contribution in [3.8, 4) is 45.4 Å². The summed E-state index contributed by atoms with van der Waals surface area (Å²) in [6.45, 7) is 0. The first-order chi connectivity index (χ1) is 41.9. The predicted octanol–water partition coefficient (Wildman–Crippen LogP) is 20.5. The fraction of sp³-hybridized carbons (Fsp3) is 0.0270. The Morgan fingerprint density at radius 2 is 0.686 bits per heavy atom. The summed E-state index contributed by atoms with van der Waals surface area (Å²) in [5, 5.41) is 10.4. The molecular formula is C74H42F6N6. The van der Waals surface area contributed by atoms with Gasteiger partial charge in [0.25, 0.3) is 0 Å². The van der Waals surface area contributed by atoms with Crippen LogP contribution < -0.4 is 0 Å². The van der Waals surface area contributed by atoms with Crippen LogP contribution in [0.4, 0.5) is 26.3 Å². The van der Waals surface area contributed by atoms with Crippen LogP contribution in [0.15, 0.2) is 255 Å². The maximum atomic E-state index is 15.2. The van der Waals surface area contributed by atoms with Crippen LogP contribution in [0.3, 0.4) is 0 Å². The van der Waals surface area contributed by atoms with Gasteiger partial charge in [0.1, 0.15) is 0 Å². The zero-order chi connectivity index (χ0) is 57.7.